The third-order valence-electron chi connectivity index (χ3n) is 2.64. The van der Waals surface area contributed by atoms with Gasteiger partial charge in [0.15, 0.2) is 0 Å². The molecule has 0 N–H and O–H groups in total. The van der Waals surface area contributed by atoms with Gasteiger partial charge in [0.2, 0.25) is 0 Å². The summed E-state index contributed by atoms with van der Waals surface area (Å²) in [6.07, 6.45) is 7.43. The van der Waals surface area contributed by atoms with Crippen molar-refractivity contribution >= 4 is 19.0 Å². The van der Waals surface area contributed by atoms with Gasteiger partial charge in [-0.25, -0.2) is 0 Å². The molecule has 20 heavy (non-hydrogen) atoms. The summed E-state index contributed by atoms with van der Waals surface area (Å²) in [6.45, 7) is 7.91. The molecule has 0 aliphatic heterocycles. The first-order chi connectivity index (χ1) is 9.41. The molecule has 0 saturated heterocycles. The van der Waals surface area contributed by atoms with Crippen LogP contribution in [-0.4, -0.2) is 36.2 Å². The minimum atomic E-state index is -1.62. The second-order valence-corrected chi connectivity index (χ2v) is 6.87. The van der Waals surface area contributed by atoms with Crippen LogP contribution in [0.15, 0.2) is 24.3 Å². The Morgan fingerprint density at radius 2 is 2.00 bits per heavy atom. The highest BCUT2D eigenvalue weighted by Gasteiger charge is 2.28. The number of esters is 1. The third kappa shape index (κ3) is 5.58. The van der Waals surface area contributed by atoms with Gasteiger partial charge in [0.05, 0.1) is 26.6 Å². The monoisotopic (exact) mass is 298 g/mol. The molecule has 4 nitrogen and oxygen atoms in total. The Balaban J connectivity index is 2.75. The Morgan fingerprint density at radius 1 is 1.30 bits per heavy atom. The van der Waals surface area contributed by atoms with E-state index in [1.54, 1.807) is 38.2 Å². The van der Waals surface area contributed by atoms with Crippen molar-refractivity contribution in [3.63, 3.8) is 0 Å². The van der Waals surface area contributed by atoms with Crippen molar-refractivity contribution < 1.29 is 19.2 Å². The summed E-state index contributed by atoms with van der Waals surface area (Å²) in [5, 5.41) is 0.625. The summed E-state index contributed by atoms with van der Waals surface area (Å²) in [7, 11) is -1.62. The topological polar surface area (TPSA) is 58.6 Å². The van der Waals surface area contributed by atoms with Crippen molar-refractivity contribution in [2.24, 2.45) is 5.92 Å². The quantitative estimate of drug-likeness (QED) is 0.556. The van der Waals surface area contributed by atoms with E-state index < -0.39 is 13.7 Å². The van der Waals surface area contributed by atoms with Gasteiger partial charge in [-0.05, 0) is 33.8 Å². The molecule has 1 aliphatic carbocycles. The van der Waals surface area contributed by atoms with Crippen LogP contribution in [0.1, 0.15) is 27.7 Å². The summed E-state index contributed by atoms with van der Waals surface area (Å²) in [4.78, 5) is 24.3. The molecule has 0 radical (unpaired) electrons. The number of hydrogen-bond donors (Lipinski definition) is 0. The maximum Gasteiger partial charge on any atom is 0.321 e. The summed E-state index contributed by atoms with van der Waals surface area (Å²) in [5.74, 6) is -0.881. The van der Waals surface area contributed by atoms with Gasteiger partial charge in [-0.1, -0.05) is 18.2 Å². The fourth-order valence-corrected chi connectivity index (χ4v) is 3.06. The van der Waals surface area contributed by atoms with Gasteiger partial charge < -0.3 is 14.4 Å². The largest absolute Gasteiger partial charge is 0.630 e. The van der Waals surface area contributed by atoms with Gasteiger partial charge in [-0.3, -0.25) is 4.79 Å². The number of ether oxygens (including phenoxy) is 2. The van der Waals surface area contributed by atoms with Gasteiger partial charge in [-0.2, -0.15) is 0 Å². The number of allylic oxidation sites excluding steroid dienone is 3. The Labute approximate surface area is 121 Å². The molecule has 0 saturated carbocycles. The highest BCUT2D eigenvalue weighted by molar-refractivity contribution is 7.52. The normalized spacial score (nSPS) is 20.6. The maximum atomic E-state index is 12.3. The van der Waals surface area contributed by atoms with Crippen molar-refractivity contribution in [2.75, 3.05) is 12.8 Å². The molecule has 112 valence electrons. The van der Waals surface area contributed by atoms with Gasteiger partial charge in [-0.15, -0.1) is 0 Å². The average molecular weight is 298 g/mol. The SMILES string of the molecule is CC(C)OCC[P+]([O-])=C1C=CC=CC1C(=O)OC(C)C. The molecule has 0 spiro atoms. The Kier molecular flexibility index (Phi) is 7.14. The number of hydrogen-bond acceptors (Lipinski definition) is 4. The summed E-state index contributed by atoms with van der Waals surface area (Å²) < 4.78 is 10.6. The second kappa shape index (κ2) is 8.35. The summed E-state index contributed by atoms with van der Waals surface area (Å²) in [5.41, 5.74) is 0. The van der Waals surface area contributed by atoms with Crippen LogP contribution in [0.5, 0.6) is 0 Å². The Hall–Kier alpha value is -0.960. The van der Waals surface area contributed by atoms with Crippen LogP contribution in [-0.2, 0) is 14.3 Å². The molecular weight excluding hydrogens is 275 g/mol. The van der Waals surface area contributed by atoms with Gasteiger partial charge in [0, 0.05) is 0 Å². The Morgan fingerprint density at radius 3 is 2.60 bits per heavy atom. The number of carbonyl (C=O) groups is 1. The van der Waals surface area contributed by atoms with E-state index in [0.717, 1.165) is 0 Å². The second-order valence-electron chi connectivity index (χ2n) is 5.15. The molecular formula is C15H23O4P. The average Bonchev–Trinajstić information content (AvgIpc) is 2.37. The van der Waals surface area contributed by atoms with Crippen molar-refractivity contribution in [3.05, 3.63) is 24.3 Å². The molecule has 5 heteroatoms. The van der Waals surface area contributed by atoms with Gasteiger partial charge in [0.1, 0.15) is 17.4 Å². The van der Waals surface area contributed by atoms with Crippen LogP contribution < -0.4 is 4.89 Å². The molecule has 0 aromatic heterocycles. The van der Waals surface area contributed by atoms with Crippen LogP contribution in [0.25, 0.3) is 0 Å². The molecule has 0 heterocycles. The lowest BCUT2D eigenvalue weighted by Gasteiger charge is -2.17. The minimum absolute atomic E-state index is 0.117. The molecule has 0 fully saturated rings. The lowest BCUT2D eigenvalue weighted by Crippen LogP contribution is -2.28. The maximum absolute atomic E-state index is 12.3. The van der Waals surface area contributed by atoms with Crippen molar-refractivity contribution in [2.45, 2.75) is 39.9 Å². The fraction of sp³-hybridized carbons (Fsp3) is 0.600. The lowest BCUT2D eigenvalue weighted by atomic mass is 10.0. The van der Waals surface area contributed by atoms with E-state index in [1.165, 1.54) is 0 Å². The molecule has 0 amide bonds. The smallest absolute Gasteiger partial charge is 0.321 e. The first kappa shape index (κ1) is 17.1. The molecule has 2 unspecified atom stereocenters. The summed E-state index contributed by atoms with van der Waals surface area (Å²) >= 11 is 0. The zero-order valence-corrected chi connectivity index (χ0v) is 13.4. The molecule has 2 atom stereocenters. The van der Waals surface area contributed by atoms with Crippen molar-refractivity contribution in [1.29, 1.82) is 0 Å². The third-order valence-corrected chi connectivity index (χ3v) is 4.23. The van der Waals surface area contributed by atoms with Crippen LogP contribution in [0.2, 0.25) is 0 Å². The molecule has 1 aliphatic rings. The molecule has 0 aromatic rings. The zero-order valence-electron chi connectivity index (χ0n) is 12.5. The highest BCUT2D eigenvalue weighted by atomic mass is 31.1. The van der Waals surface area contributed by atoms with Crippen LogP contribution >= 0.6 is 7.77 Å². The zero-order chi connectivity index (χ0) is 15.1. The Bertz CT molecular complexity index is 422. The minimum Gasteiger partial charge on any atom is -0.630 e. The van der Waals surface area contributed by atoms with Crippen LogP contribution in [0.4, 0.5) is 0 Å². The molecule has 0 aromatic carbocycles. The summed E-state index contributed by atoms with van der Waals surface area (Å²) in [6, 6.07) is 0. The van der Waals surface area contributed by atoms with Crippen molar-refractivity contribution in [1.82, 2.24) is 0 Å². The van der Waals surface area contributed by atoms with E-state index in [0.29, 0.717) is 18.1 Å². The van der Waals surface area contributed by atoms with Crippen molar-refractivity contribution in [3.8, 4) is 0 Å². The van der Waals surface area contributed by atoms with Gasteiger partial charge >= 0.3 is 5.97 Å². The molecule has 0 bridgehead atoms. The first-order valence-electron chi connectivity index (χ1n) is 6.90. The number of rotatable bonds is 6. The standard InChI is InChI=1S/C15H23O4P/c1-11(2)18-9-10-20(17)14-8-6-5-7-13(14)15(16)19-12(3)4/h5-8,11-13H,9-10H2,1-4H3. The fourth-order valence-electron chi connectivity index (χ4n) is 1.78. The van der Waals surface area contributed by atoms with Crippen LogP contribution in [0.3, 0.4) is 0 Å². The lowest BCUT2D eigenvalue weighted by molar-refractivity contribution is -0.154. The van der Waals surface area contributed by atoms with E-state index >= 15 is 0 Å². The highest BCUT2D eigenvalue weighted by Crippen LogP contribution is 2.24. The van der Waals surface area contributed by atoms with E-state index in [9.17, 15) is 9.69 Å². The van der Waals surface area contributed by atoms with E-state index in [-0.39, 0.29) is 18.2 Å². The first-order valence-corrected chi connectivity index (χ1v) is 8.34. The predicted molar refractivity (Wildman–Crippen MR) is 80.9 cm³/mol. The van der Waals surface area contributed by atoms with Crippen LogP contribution in [0, 0.1) is 5.92 Å². The van der Waals surface area contributed by atoms with Gasteiger partial charge in [0.25, 0.3) is 0 Å². The van der Waals surface area contributed by atoms with E-state index in [4.69, 9.17) is 9.47 Å². The van der Waals surface area contributed by atoms with E-state index in [2.05, 4.69) is 0 Å². The predicted octanol–water partition coefficient (Wildman–Crippen LogP) is 2.03. The van der Waals surface area contributed by atoms with E-state index in [1.807, 2.05) is 13.8 Å². The number of carbonyl (C=O) groups excluding carboxylic acids is 1. The molecule has 1 rings (SSSR count).